The van der Waals surface area contributed by atoms with Crippen molar-refractivity contribution in [1.29, 1.82) is 0 Å². The van der Waals surface area contributed by atoms with Crippen LogP contribution in [0.15, 0.2) is 74.9 Å². The lowest BCUT2D eigenvalue weighted by Crippen LogP contribution is -2.40. The van der Waals surface area contributed by atoms with Gasteiger partial charge in [0, 0.05) is 18.0 Å². The Morgan fingerprint density at radius 2 is 1.76 bits per heavy atom. The number of aryl methyl sites for hydroxylation is 2. The number of hydrogen-bond donors (Lipinski definition) is 0. The Hall–Kier alpha value is -3.74. The fraction of sp³-hybridized carbons (Fsp3) is 0.136. The van der Waals surface area contributed by atoms with Gasteiger partial charge in [-0.2, -0.15) is 0 Å². The van der Waals surface area contributed by atoms with Crippen molar-refractivity contribution in [3.05, 3.63) is 104 Å². The van der Waals surface area contributed by atoms with Crippen LogP contribution in [0, 0.1) is 19.7 Å². The van der Waals surface area contributed by atoms with Gasteiger partial charge in [-0.1, -0.05) is 24.3 Å². The number of oxazole rings is 1. The lowest BCUT2D eigenvalue weighted by molar-refractivity contribution is 0.537. The van der Waals surface area contributed by atoms with E-state index in [1.165, 1.54) is 23.0 Å². The summed E-state index contributed by atoms with van der Waals surface area (Å²) < 4.78 is 21.9. The molecule has 7 heteroatoms. The Morgan fingerprint density at radius 3 is 2.48 bits per heavy atom. The molecule has 0 radical (unpaired) electrons. The molecule has 146 valence electrons. The molecule has 2 heterocycles. The van der Waals surface area contributed by atoms with Gasteiger partial charge in [0.25, 0.3) is 0 Å². The standard InChI is InChI=1S/C22H18FN3O3/c1-14-8-9-17(12-18(14)23)26-11-10-25(21(27)22(26)28)13-19-15(2)29-20(24-19)16-6-4-3-5-7-16/h3-12H,13H2,1-2H3. The molecule has 2 aromatic carbocycles. The van der Waals surface area contributed by atoms with Crippen LogP contribution in [-0.4, -0.2) is 14.1 Å². The molecule has 0 saturated heterocycles. The molecule has 0 aliphatic rings. The summed E-state index contributed by atoms with van der Waals surface area (Å²) in [5.41, 5.74) is 0.657. The highest BCUT2D eigenvalue weighted by molar-refractivity contribution is 5.53. The van der Waals surface area contributed by atoms with Gasteiger partial charge < -0.3 is 8.98 Å². The molecule has 0 fully saturated rings. The average molecular weight is 391 g/mol. The predicted molar refractivity (Wildman–Crippen MR) is 107 cm³/mol. The fourth-order valence-electron chi connectivity index (χ4n) is 3.01. The Balaban J connectivity index is 1.68. The van der Waals surface area contributed by atoms with Crippen LogP contribution in [-0.2, 0) is 6.54 Å². The first-order valence-electron chi connectivity index (χ1n) is 9.04. The summed E-state index contributed by atoms with van der Waals surface area (Å²) in [4.78, 5) is 29.6. The molecule has 6 nitrogen and oxygen atoms in total. The Kier molecular flexibility index (Phi) is 4.72. The zero-order valence-corrected chi connectivity index (χ0v) is 15.9. The zero-order chi connectivity index (χ0) is 20.5. The Morgan fingerprint density at radius 1 is 1.00 bits per heavy atom. The van der Waals surface area contributed by atoms with Gasteiger partial charge in [-0.3, -0.25) is 14.2 Å². The maximum Gasteiger partial charge on any atom is 0.320 e. The topological polar surface area (TPSA) is 70.0 Å². The van der Waals surface area contributed by atoms with Crippen molar-refractivity contribution in [2.45, 2.75) is 20.4 Å². The van der Waals surface area contributed by atoms with Crippen molar-refractivity contribution in [3.63, 3.8) is 0 Å². The summed E-state index contributed by atoms with van der Waals surface area (Å²) in [7, 11) is 0. The molecule has 0 bridgehead atoms. The quantitative estimate of drug-likeness (QED) is 0.500. The highest BCUT2D eigenvalue weighted by atomic mass is 19.1. The lowest BCUT2D eigenvalue weighted by atomic mass is 10.2. The van der Waals surface area contributed by atoms with Gasteiger partial charge in [-0.15, -0.1) is 0 Å². The smallest absolute Gasteiger partial charge is 0.320 e. The summed E-state index contributed by atoms with van der Waals surface area (Å²) in [5, 5.41) is 0. The van der Waals surface area contributed by atoms with Crippen LogP contribution in [0.2, 0.25) is 0 Å². The van der Waals surface area contributed by atoms with E-state index < -0.39 is 16.9 Å². The van der Waals surface area contributed by atoms with Gasteiger partial charge in [-0.05, 0) is 43.7 Å². The second kappa shape index (κ2) is 7.35. The maximum atomic E-state index is 13.8. The van der Waals surface area contributed by atoms with E-state index in [4.69, 9.17) is 4.42 Å². The molecular formula is C22H18FN3O3. The summed E-state index contributed by atoms with van der Waals surface area (Å²) in [6.07, 6.45) is 2.93. The van der Waals surface area contributed by atoms with Crippen molar-refractivity contribution in [3.8, 4) is 17.1 Å². The Labute approximate surface area is 165 Å². The first kappa shape index (κ1) is 18.6. The summed E-state index contributed by atoms with van der Waals surface area (Å²) in [6, 6.07) is 13.8. The zero-order valence-electron chi connectivity index (χ0n) is 15.9. The van der Waals surface area contributed by atoms with Gasteiger partial charge >= 0.3 is 11.1 Å². The third-order valence-electron chi connectivity index (χ3n) is 4.73. The molecule has 0 aliphatic heterocycles. The van der Waals surface area contributed by atoms with E-state index in [0.717, 1.165) is 10.1 Å². The molecule has 0 saturated carbocycles. The highest BCUT2D eigenvalue weighted by Gasteiger charge is 2.14. The van der Waals surface area contributed by atoms with Gasteiger partial charge in [-0.25, -0.2) is 9.37 Å². The van der Waals surface area contributed by atoms with Crippen LogP contribution in [0.3, 0.4) is 0 Å². The highest BCUT2D eigenvalue weighted by Crippen LogP contribution is 2.21. The second-order valence-electron chi connectivity index (χ2n) is 6.73. The molecule has 0 spiro atoms. The molecule has 4 rings (SSSR count). The SMILES string of the molecule is Cc1ccc(-n2ccn(Cc3nc(-c4ccccc4)oc3C)c(=O)c2=O)cc1F. The summed E-state index contributed by atoms with van der Waals surface area (Å²) in [5.74, 6) is 0.584. The molecule has 0 N–H and O–H groups in total. The number of nitrogens with zero attached hydrogens (tertiary/aromatic N) is 3. The number of hydrogen-bond acceptors (Lipinski definition) is 4. The maximum absolute atomic E-state index is 13.8. The van der Waals surface area contributed by atoms with Crippen LogP contribution >= 0.6 is 0 Å². The third kappa shape index (κ3) is 3.54. The number of aromatic nitrogens is 3. The van der Waals surface area contributed by atoms with Crippen molar-refractivity contribution in [2.75, 3.05) is 0 Å². The molecule has 0 aliphatic carbocycles. The second-order valence-corrected chi connectivity index (χ2v) is 6.73. The summed E-state index contributed by atoms with van der Waals surface area (Å²) in [6.45, 7) is 3.49. The minimum absolute atomic E-state index is 0.0966. The first-order valence-corrected chi connectivity index (χ1v) is 9.04. The van der Waals surface area contributed by atoms with E-state index in [2.05, 4.69) is 4.98 Å². The van der Waals surface area contributed by atoms with Crippen LogP contribution in [0.4, 0.5) is 4.39 Å². The van der Waals surface area contributed by atoms with E-state index in [-0.39, 0.29) is 6.54 Å². The fourth-order valence-corrected chi connectivity index (χ4v) is 3.01. The minimum atomic E-state index is -0.764. The predicted octanol–water partition coefficient (Wildman–Crippen LogP) is 3.46. The molecule has 2 aromatic heterocycles. The first-order chi connectivity index (χ1) is 13.9. The number of benzene rings is 2. The van der Waals surface area contributed by atoms with Crippen LogP contribution < -0.4 is 11.1 Å². The van der Waals surface area contributed by atoms with Crippen molar-refractivity contribution in [2.24, 2.45) is 0 Å². The molecule has 0 unspecified atom stereocenters. The number of halogens is 1. The molecule has 4 aromatic rings. The number of rotatable bonds is 4. The molecule has 0 atom stereocenters. The summed E-state index contributed by atoms with van der Waals surface area (Å²) >= 11 is 0. The van der Waals surface area contributed by atoms with E-state index in [1.807, 2.05) is 30.3 Å². The minimum Gasteiger partial charge on any atom is -0.441 e. The Bertz CT molecular complexity index is 1300. The van der Waals surface area contributed by atoms with Crippen LogP contribution in [0.25, 0.3) is 17.1 Å². The molecule has 0 amide bonds. The third-order valence-corrected chi connectivity index (χ3v) is 4.73. The van der Waals surface area contributed by atoms with Crippen molar-refractivity contribution >= 4 is 0 Å². The van der Waals surface area contributed by atoms with Crippen molar-refractivity contribution < 1.29 is 8.81 Å². The van der Waals surface area contributed by atoms with Gasteiger partial charge in [0.15, 0.2) is 0 Å². The van der Waals surface area contributed by atoms with E-state index in [0.29, 0.717) is 28.6 Å². The monoisotopic (exact) mass is 391 g/mol. The lowest BCUT2D eigenvalue weighted by Gasteiger charge is -2.09. The normalized spacial score (nSPS) is 11.0. The van der Waals surface area contributed by atoms with Gasteiger partial charge in [0.05, 0.1) is 12.2 Å². The van der Waals surface area contributed by atoms with Gasteiger partial charge in [0.2, 0.25) is 5.89 Å². The van der Waals surface area contributed by atoms with Crippen LogP contribution in [0.1, 0.15) is 17.0 Å². The van der Waals surface area contributed by atoms with Crippen LogP contribution in [0.5, 0.6) is 0 Å². The van der Waals surface area contributed by atoms with Gasteiger partial charge in [0.1, 0.15) is 17.3 Å². The average Bonchev–Trinajstić information content (AvgIpc) is 3.09. The largest absolute Gasteiger partial charge is 0.441 e. The molecule has 29 heavy (non-hydrogen) atoms. The van der Waals surface area contributed by atoms with Crippen molar-refractivity contribution in [1.82, 2.24) is 14.1 Å². The van der Waals surface area contributed by atoms with E-state index in [9.17, 15) is 14.0 Å². The van der Waals surface area contributed by atoms with E-state index >= 15 is 0 Å². The molecular weight excluding hydrogens is 373 g/mol. The van der Waals surface area contributed by atoms with E-state index in [1.54, 1.807) is 26.0 Å².